The summed E-state index contributed by atoms with van der Waals surface area (Å²) in [4.78, 5) is 20.3. The molecule has 8 nitrogen and oxygen atoms in total. The first kappa shape index (κ1) is 22.9. The minimum atomic E-state index is -0.821. The predicted molar refractivity (Wildman–Crippen MR) is 146 cm³/mol. The Hall–Kier alpha value is -4.56. The number of carbonyl (C=O) groups excluding carboxylic acids is 1. The van der Waals surface area contributed by atoms with Crippen LogP contribution < -0.4 is 26.4 Å². The summed E-state index contributed by atoms with van der Waals surface area (Å²) in [6, 6.07) is 26.0. The number of anilines is 2. The van der Waals surface area contributed by atoms with Crippen molar-refractivity contribution in [2.75, 3.05) is 36.5 Å². The van der Waals surface area contributed by atoms with Gasteiger partial charge in [0.15, 0.2) is 0 Å². The van der Waals surface area contributed by atoms with Gasteiger partial charge in [-0.15, -0.1) is 0 Å². The van der Waals surface area contributed by atoms with E-state index in [2.05, 4.69) is 44.6 Å². The number of amides is 1. The molecule has 3 aromatic rings. The molecular weight excluding hydrogens is 464 g/mol. The molecule has 8 heteroatoms. The smallest absolute Gasteiger partial charge is 0.269 e. The summed E-state index contributed by atoms with van der Waals surface area (Å²) < 4.78 is 5.52. The molecule has 186 valence electrons. The van der Waals surface area contributed by atoms with Crippen LogP contribution in [0.4, 0.5) is 11.4 Å². The van der Waals surface area contributed by atoms with Crippen LogP contribution in [-0.4, -0.2) is 44.1 Å². The van der Waals surface area contributed by atoms with Gasteiger partial charge in [0.25, 0.3) is 5.91 Å². The number of hydrogen-bond donors (Lipinski definition) is 4. The van der Waals surface area contributed by atoms with Gasteiger partial charge in [0.2, 0.25) is 6.17 Å². The van der Waals surface area contributed by atoms with Crippen molar-refractivity contribution < 1.29 is 9.53 Å². The van der Waals surface area contributed by atoms with E-state index < -0.39 is 6.17 Å². The lowest BCUT2D eigenvalue weighted by Gasteiger charge is -2.32. The van der Waals surface area contributed by atoms with Crippen LogP contribution in [0.5, 0.6) is 0 Å². The SMILES string of the molecule is O=C1Nc2ccccc2C(c2ccccc2)=NC1NC1=CC=C(c2ccccc2N2CCOCC2)NN1. The molecule has 1 unspecified atom stereocenters. The standard InChI is InChI=1S/C29H28N6O2/c36-29-28(32-27(20-8-2-1-3-9-20)22-11-4-6-12-23(22)30-29)31-26-15-14-24(33-34-26)21-10-5-7-13-25(21)35-16-18-37-19-17-35/h1-15,28,31,33-34H,16-19H2,(H,30,36). The lowest BCUT2D eigenvalue weighted by atomic mass is 10.0. The van der Waals surface area contributed by atoms with Crippen molar-refractivity contribution in [1.82, 2.24) is 16.2 Å². The average Bonchev–Trinajstić information content (AvgIpc) is 3.10. The zero-order valence-electron chi connectivity index (χ0n) is 20.3. The van der Waals surface area contributed by atoms with Crippen LogP contribution in [0, 0.1) is 0 Å². The van der Waals surface area contributed by atoms with Crippen molar-refractivity contribution in [2.24, 2.45) is 4.99 Å². The number of benzodiazepines with no additional fused rings is 1. The second kappa shape index (κ2) is 10.2. The fraction of sp³-hybridized carbons (Fsp3) is 0.172. The van der Waals surface area contributed by atoms with Gasteiger partial charge in [-0.05, 0) is 24.3 Å². The second-order valence-electron chi connectivity index (χ2n) is 8.95. The molecule has 37 heavy (non-hydrogen) atoms. The summed E-state index contributed by atoms with van der Waals surface area (Å²) in [5.41, 5.74) is 13.0. The molecule has 1 fully saturated rings. The lowest BCUT2D eigenvalue weighted by molar-refractivity contribution is -0.117. The van der Waals surface area contributed by atoms with E-state index >= 15 is 0 Å². The zero-order chi connectivity index (χ0) is 25.0. The Balaban J connectivity index is 1.27. The van der Waals surface area contributed by atoms with Crippen molar-refractivity contribution >= 4 is 28.7 Å². The largest absolute Gasteiger partial charge is 0.378 e. The van der Waals surface area contributed by atoms with Gasteiger partial charge >= 0.3 is 0 Å². The molecule has 3 heterocycles. The van der Waals surface area contributed by atoms with Gasteiger partial charge in [-0.3, -0.25) is 15.6 Å². The van der Waals surface area contributed by atoms with Gasteiger partial charge < -0.3 is 20.3 Å². The number of para-hydroxylation sites is 2. The predicted octanol–water partition coefficient (Wildman–Crippen LogP) is 3.22. The first-order chi connectivity index (χ1) is 18.3. The second-order valence-corrected chi connectivity index (χ2v) is 8.95. The summed E-state index contributed by atoms with van der Waals surface area (Å²) in [6.45, 7) is 3.18. The number of nitrogens with zero attached hydrogens (tertiary/aromatic N) is 2. The summed E-state index contributed by atoms with van der Waals surface area (Å²) in [5.74, 6) is 0.420. The van der Waals surface area contributed by atoms with Crippen molar-refractivity contribution in [2.45, 2.75) is 6.17 Å². The fourth-order valence-corrected chi connectivity index (χ4v) is 4.74. The number of fused-ring (bicyclic) bond motifs is 1. The third-order valence-electron chi connectivity index (χ3n) is 6.58. The fourth-order valence-electron chi connectivity index (χ4n) is 4.74. The van der Waals surface area contributed by atoms with Crippen molar-refractivity contribution in [3.63, 3.8) is 0 Å². The highest BCUT2D eigenvalue weighted by Crippen LogP contribution is 2.28. The highest BCUT2D eigenvalue weighted by molar-refractivity contribution is 6.19. The van der Waals surface area contributed by atoms with E-state index in [-0.39, 0.29) is 5.91 Å². The molecule has 3 aliphatic heterocycles. The van der Waals surface area contributed by atoms with Crippen LogP contribution in [-0.2, 0) is 9.53 Å². The quantitative estimate of drug-likeness (QED) is 0.437. The van der Waals surface area contributed by atoms with E-state index in [1.54, 1.807) is 0 Å². The number of ether oxygens (including phenoxy) is 1. The molecule has 0 aliphatic carbocycles. The van der Waals surface area contributed by atoms with Crippen LogP contribution in [0.1, 0.15) is 16.7 Å². The van der Waals surface area contributed by atoms with Crippen LogP contribution in [0.15, 0.2) is 102 Å². The number of hydrogen-bond acceptors (Lipinski definition) is 7. The number of aliphatic imine (C=N–C) groups is 1. The molecule has 1 atom stereocenters. The molecule has 1 amide bonds. The van der Waals surface area contributed by atoms with E-state index in [9.17, 15) is 4.79 Å². The number of benzene rings is 3. The molecule has 6 rings (SSSR count). The summed E-state index contributed by atoms with van der Waals surface area (Å²) >= 11 is 0. The van der Waals surface area contributed by atoms with E-state index in [0.717, 1.165) is 65.8 Å². The molecule has 0 spiro atoms. The molecule has 0 saturated carbocycles. The molecule has 3 aromatic carbocycles. The van der Waals surface area contributed by atoms with Crippen molar-refractivity contribution in [1.29, 1.82) is 0 Å². The Morgan fingerprint density at radius 3 is 2.35 bits per heavy atom. The van der Waals surface area contributed by atoms with Crippen LogP contribution in [0.25, 0.3) is 5.70 Å². The molecule has 1 saturated heterocycles. The molecular formula is C29H28N6O2. The first-order valence-corrected chi connectivity index (χ1v) is 12.4. The highest BCUT2D eigenvalue weighted by atomic mass is 16.5. The number of carbonyl (C=O) groups is 1. The van der Waals surface area contributed by atoms with Crippen LogP contribution >= 0.6 is 0 Å². The van der Waals surface area contributed by atoms with Crippen molar-refractivity contribution in [3.05, 3.63) is 114 Å². The number of morpholine rings is 1. The molecule has 3 aliphatic rings. The lowest BCUT2D eigenvalue weighted by Crippen LogP contribution is -2.46. The van der Waals surface area contributed by atoms with E-state index in [1.165, 1.54) is 0 Å². The van der Waals surface area contributed by atoms with E-state index in [1.807, 2.05) is 72.8 Å². The van der Waals surface area contributed by atoms with Gasteiger partial charge in [0.1, 0.15) is 5.82 Å². The number of nitrogens with one attached hydrogen (secondary N) is 4. The van der Waals surface area contributed by atoms with Crippen LogP contribution in [0.2, 0.25) is 0 Å². The maximum atomic E-state index is 13.1. The summed E-state index contributed by atoms with van der Waals surface area (Å²) in [5, 5.41) is 6.27. The third-order valence-corrected chi connectivity index (χ3v) is 6.58. The molecule has 4 N–H and O–H groups in total. The number of allylic oxidation sites excluding steroid dienone is 2. The Morgan fingerprint density at radius 2 is 1.57 bits per heavy atom. The van der Waals surface area contributed by atoms with Gasteiger partial charge in [0.05, 0.1) is 30.3 Å². The highest BCUT2D eigenvalue weighted by Gasteiger charge is 2.26. The monoisotopic (exact) mass is 492 g/mol. The Morgan fingerprint density at radius 1 is 0.838 bits per heavy atom. The third kappa shape index (κ3) is 4.79. The normalized spacial score (nSPS) is 19.1. The van der Waals surface area contributed by atoms with Gasteiger partial charge in [0, 0.05) is 35.5 Å². The molecule has 0 aromatic heterocycles. The van der Waals surface area contributed by atoms with Gasteiger partial charge in [-0.25, -0.2) is 4.99 Å². The number of hydrazine groups is 1. The van der Waals surface area contributed by atoms with Crippen LogP contribution in [0.3, 0.4) is 0 Å². The summed E-state index contributed by atoms with van der Waals surface area (Å²) in [6.07, 6.45) is 3.10. The van der Waals surface area contributed by atoms with Crippen molar-refractivity contribution in [3.8, 4) is 0 Å². The Kier molecular flexibility index (Phi) is 6.31. The van der Waals surface area contributed by atoms with Gasteiger partial charge in [-0.1, -0.05) is 66.7 Å². The Labute approximate surface area is 215 Å². The maximum absolute atomic E-state index is 13.1. The van der Waals surface area contributed by atoms with E-state index in [0.29, 0.717) is 5.82 Å². The maximum Gasteiger partial charge on any atom is 0.269 e. The first-order valence-electron chi connectivity index (χ1n) is 12.4. The molecule has 0 bridgehead atoms. The average molecular weight is 493 g/mol. The Bertz CT molecular complexity index is 1390. The summed E-state index contributed by atoms with van der Waals surface area (Å²) in [7, 11) is 0. The minimum Gasteiger partial charge on any atom is -0.378 e. The zero-order valence-corrected chi connectivity index (χ0v) is 20.3. The topological polar surface area (TPSA) is 90.0 Å². The number of rotatable bonds is 5. The minimum absolute atomic E-state index is 0.228. The molecule has 0 radical (unpaired) electrons. The van der Waals surface area contributed by atoms with Gasteiger partial charge in [-0.2, -0.15) is 0 Å². The van der Waals surface area contributed by atoms with E-state index in [4.69, 9.17) is 9.73 Å².